The topological polar surface area (TPSA) is 105 Å². The summed E-state index contributed by atoms with van der Waals surface area (Å²) in [6, 6.07) is 0.0570. The van der Waals surface area contributed by atoms with Gasteiger partial charge in [-0.3, -0.25) is 4.99 Å². The highest BCUT2D eigenvalue weighted by Gasteiger charge is 2.27. The average Bonchev–Trinajstić information content (AvgIpc) is 3.25. The molecule has 2 rings (SSSR count). The van der Waals surface area contributed by atoms with Crippen molar-refractivity contribution in [2.24, 2.45) is 4.99 Å². The molecule has 30 heavy (non-hydrogen) atoms. The molecule has 0 spiro atoms. The van der Waals surface area contributed by atoms with E-state index >= 15 is 0 Å². The van der Waals surface area contributed by atoms with E-state index < -0.39 is 5.60 Å². The number of ether oxygens (including phenoxy) is 1. The quantitative estimate of drug-likeness (QED) is 0.239. The van der Waals surface area contributed by atoms with Crippen LogP contribution in [0, 0.1) is 0 Å². The number of likely N-dealkylation sites (tertiary alicyclic amines) is 1. The molecule has 0 aromatic carbocycles. The molecular weight excluding hydrogens is 499 g/mol. The van der Waals surface area contributed by atoms with Gasteiger partial charge in [-0.05, 0) is 40.5 Å². The Labute approximate surface area is 196 Å². The van der Waals surface area contributed by atoms with E-state index in [1.54, 1.807) is 0 Å². The molecule has 1 aliphatic heterocycles. The van der Waals surface area contributed by atoms with Gasteiger partial charge in [-0.2, -0.15) is 4.98 Å². The Hall–Kier alpha value is -1.59. The number of carbonyl (C=O) groups excluding carboxylic acids is 1. The Morgan fingerprint density at radius 3 is 2.73 bits per heavy atom. The summed E-state index contributed by atoms with van der Waals surface area (Å²) >= 11 is 0. The molecule has 1 aromatic rings. The molecule has 1 unspecified atom stereocenters. The number of hydrogen-bond donors (Lipinski definition) is 2. The highest BCUT2D eigenvalue weighted by Crippen LogP contribution is 2.13. The molecule has 9 nitrogen and oxygen atoms in total. The number of amides is 1. The molecule has 172 valence electrons. The number of alkyl carbamates (subject to hydrolysis) is 1. The average molecular weight is 536 g/mol. The molecule has 1 aromatic heterocycles. The van der Waals surface area contributed by atoms with Crippen molar-refractivity contribution >= 4 is 36.0 Å². The molecule has 1 fully saturated rings. The monoisotopic (exact) mass is 536 g/mol. The van der Waals surface area contributed by atoms with Crippen molar-refractivity contribution in [2.45, 2.75) is 78.4 Å². The van der Waals surface area contributed by atoms with Crippen LogP contribution in [0.3, 0.4) is 0 Å². The first kappa shape index (κ1) is 26.4. The maximum Gasteiger partial charge on any atom is 0.407 e. The molecule has 0 aliphatic carbocycles. The third kappa shape index (κ3) is 9.05. The van der Waals surface area contributed by atoms with Crippen molar-refractivity contribution in [1.29, 1.82) is 0 Å². The minimum Gasteiger partial charge on any atom is -0.444 e. The number of carbonyl (C=O) groups is 1. The summed E-state index contributed by atoms with van der Waals surface area (Å²) in [5, 5.41) is 10.3. The summed E-state index contributed by atoms with van der Waals surface area (Å²) in [5.74, 6) is 2.55. The Bertz CT molecular complexity index is 686. The third-order valence-corrected chi connectivity index (χ3v) is 4.35. The van der Waals surface area contributed by atoms with Gasteiger partial charge in [-0.25, -0.2) is 4.79 Å². The second kappa shape index (κ2) is 12.3. The maximum atomic E-state index is 12.0. The predicted molar refractivity (Wildman–Crippen MR) is 127 cm³/mol. The van der Waals surface area contributed by atoms with E-state index in [1.807, 2.05) is 41.5 Å². The van der Waals surface area contributed by atoms with E-state index in [-0.39, 0.29) is 42.0 Å². The summed E-state index contributed by atoms with van der Waals surface area (Å²) < 4.78 is 10.6. The zero-order valence-corrected chi connectivity index (χ0v) is 21.4. The smallest absolute Gasteiger partial charge is 0.407 e. The number of halogens is 1. The van der Waals surface area contributed by atoms with Crippen molar-refractivity contribution in [2.75, 3.05) is 26.2 Å². The van der Waals surface area contributed by atoms with Gasteiger partial charge in [0, 0.05) is 38.5 Å². The summed E-state index contributed by atoms with van der Waals surface area (Å²) in [7, 11) is 0. The summed E-state index contributed by atoms with van der Waals surface area (Å²) in [6.45, 7) is 14.7. The molecule has 2 N–H and O–H groups in total. The van der Waals surface area contributed by atoms with Gasteiger partial charge in [-0.1, -0.05) is 19.0 Å². The predicted octanol–water partition coefficient (Wildman–Crippen LogP) is 3.31. The molecule has 1 aliphatic rings. The van der Waals surface area contributed by atoms with Crippen LogP contribution in [0.25, 0.3) is 0 Å². The van der Waals surface area contributed by atoms with Gasteiger partial charge >= 0.3 is 6.09 Å². The number of aliphatic imine (C=N–C) groups is 1. The van der Waals surface area contributed by atoms with Gasteiger partial charge in [0.05, 0.1) is 6.04 Å². The van der Waals surface area contributed by atoms with Gasteiger partial charge in [0.15, 0.2) is 11.8 Å². The Balaban J connectivity index is 0.00000450. The molecule has 0 saturated carbocycles. The second-order valence-corrected chi connectivity index (χ2v) is 8.62. The van der Waals surface area contributed by atoms with Crippen molar-refractivity contribution in [3.05, 3.63) is 11.7 Å². The first-order valence-corrected chi connectivity index (χ1v) is 10.5. The fourth-order valence-electron chi connectivity index (χ4n) is 2.99. The number of nitrogens with zero attached hydrogens (tertiary/aromatic N) is 4. The lowest BCUT2D eigenvalue weighted by atomic mass is 10.2. The van der Waals surface area contributed by atoms with Gasteiger partial charge in [0.1, 0.15) is 5.60 Å². The van der Waals surface area contributed by atoms with E-state index in [4.69, 9.17) is 14.3 Å². The number of nitrogens with one attached hydrogen (secondary N) is 2. The second-order valence-electron chi connectivity index (χ2n) is 8.62. The number of aryl methyl sites for hydroxylation is 1. The normalized spacial score (nSPS) is 17.1. The number of aromatic nitrogens is 2. The minimum atomic E-state index is -0.493. The standard InChI is InChI=1S/C20H36N6O3.HI/c1-7-21-18(22-11-8-9-16-24-17(14(2)3)25-29-16)26-12-10-15(13-26)23-19(27)28-20(4,5)6;/h14-15H,7-13H2,1-6H3,(H,21,22)(H,23,27);1H. The fraction of sp³-hybridized carbons (Fsp3) is 0.800. The largest absolute Gasteiger partial charge is 0.444 e. The van der Waals surface area contributed by atoms with Crippen molar-refractivity contribution < 1.29 is 14.1 Å². The van der Waals surface area contributed by atoms with Crippen LogP contribution in [0.15, 0.2) is 9.52 Å². The van der Waals surface area contributed by atoms with Crippen LogP contribution in [0.2, 0.25) is 0 Å². The van der Waals surface area contributed by atoms with Crippen LogP contribution >= 0.6 is 24.0 Å². The van der Waals surface area contributed by atoms with Crippen molar-refractivity contribution in [3.8, 4) is 0 Å². The summed E-state index contributed by atoms with van der Waals surface area (Å²) in [5.41, 5.74) is -0.493. The molecule has 2 heterocycles. The first-order valence-electron chi connectivity index (χ1n) is 10.5. The molecular formula is C20H37IN6O3. The van der Waals surface area contributed by atoms with E-state index in [1.165, 1.54) is 0 Å². The van der Waals surface area contributed by atoms with Crippen LogP contribution in [0.1, 0.15) is 72.0 Å². The Kier molecular flexibility index (Phi) is 10.9. The van der Waals surface area contributed by atoms with E-state index in [9.17, 15) is 4.79 Å². The summed E-state index contributed by atoms with van der Waals surface area (Å²) in [4.78, 5) is 23.3. The molecule has 1 atom stereocenters. The lowest BCUT2D eigenvalue weighted by Crippen LogP contribution is -2.44. The third-order valence-electron chi connectivity index (χ3n) is 4.35. The van der Waals surface area contributed by atoms with Crippen LogP contribution in [-0.4, -0.2) is 64.9 Å². The maximum absolute atomic E-state index is 12.0. The lowest BCUT2D eigenvalue weighted by Gasteiger charge is -2.23. The number of guanidine groups is 1. The van der Waals surface area contributed by atoms with Gasteiger partial charge in [-0.15, -0.1) is 24.0 Å². The first-order chi connectivity index (χ1) is 13.7. The van der Waals surface area contributed by atoms with E-state index in [0.29, 0.717) is 25.4 Å². The molecule has 1 amide bonds. The zero-order valence-electron chi connectivity index (χ0n) is 19.0. The highest BCUT2D eigenvalue weighted by molar-refractivity contribution is 14.0. The van der Waals surface area contributed by atoms with Gasteiger partial charge in [0.2, 0.25) is 5.89 Å². The van der Waals surface area contributed by atoms with Crippen molar-refractivity contribution in [1.82, 2.24) is 25.7 Å². The van der Waals surface area contributed by atoms with Crippen LogP contribution in [-0.2, 0) is 11.2 Å². The van der Waals surface area contributed by atoms with Gasteiger partial charge < -0.3 is 24.8 Å². The molecule has 0 bridgehead atoms. The SMILES string of the molecule is CCNC(=NCCCc1nc(C(C)C)no1)N1CCC(NC(=O)OC(C)(C)C)C1.I. The van der Waals surface area contributed by atoms with Crippen LogP contribution < -0.4 is 10.6 Å². The van der Waals surface area contributed by atoms with Crippen LogP contribution in [0.5, 0.6) is 0 Å². The highest BCUT2D eigenvalue weighted by atomic mass is 127. The Morgan fingerprint density at radius 1 is 1.40 bits per heavy atom. The lowest BCUT2D eigenvalue weighted by molar-refractivity contribution is 0.0507. The fourth-order valence-corrected chi connectivity index (χ4v) is 2.99. The summed E-state index contributed by atoms with van der Waals surface area (Å²) in [6.07, 6.45) is 2.04. The molecule has 0 radical (unpaired) electrons. The minimum absolute atomic E-state index is 0. The van der Waals surface area contributed by atoms with Crippen LogP contribution in [0.4, 0.5) is 4.79 Å². The number of rotatable bonds is 7. The van der Waals surface area contributed by atoms with Gasteiger partial charge in [0.25, 0.3) is 0 Å². The van der Waals surface area contributed by atoms with Crippen molar-refractivity contribution in [3.63, 3.8) is 0 Å². The number of hydrogen-bond acceptors (Lipinski definition) is 6. The Morgan fingerprint density at radius 2 is 2.13 bits per heavy atom. The molecule has 1 saturated heterocycles. The molecule has 10 heteroatoms. The van der Waals surface area contributed by atoms with E-state index in [2.05, 4.69) is 25.7 Å². The van der Waals surface area contributed by atoms with E-state index in [0.717, 1.165) is 37.7 Å². The zero-order chi connectivity index (χ0) is 21.4.